The van der Waals surface area contributed by atoms with Gasteiger partial charge >= 0.3 is 0 Å². The highest BCUT2D eigenvalue weighted by Gasteiger charge is 2.12. The normalized spacial score (nSPS) is 22.6. The van der Waals surface area contributed by atoms with Crippen molar-refractivity contribution in [1.29, 1.82) is 0 Å². The molecule has 0 aromatic carbocycles. The fourth-order valence-corrected chi connectivity index (χ4v) is 1.30. The first-order chi connectivity index (χ1) is 6.63. The third kappa shape index (κ3) is 2.83. The van der Waals surface area contributed by atoms with Gasteiger partial charge in [0.1, 0.15) is 0 Å². The molecule has 0 aromatic heterocycles. The van der Waals surface area contributed by atoms with Gasteiger partial charge in [-0.15, -0.1) is 0 Å². The fourth-order valence-electron chi connectivity index (χ4n) is 1.30. The van der Waals surface area contributed by atoms with Crippen LogP contribution in [0.3, 0.4) is 0 Å². The second kappa shape index (κ2) is 4.74. The molecule has 1 atom stereocenters. The lowest BCUT2D eigenvalue weighted by atomic mass is 10.3. The van der Waals surface area contributed by atoms with E-state index in [2.05, 4.69) is 54.8 Å². The van der Waals surface area contributed by atoms with Crippen molar-refractivity contribution in [2.45, 2.75) is 20.0 Å². The molecule has 78 valence electrons. The third-order valence-electron chi connectivity index (χ3n) is 2.23. The molecule has 3 nitrogen and oxygen atoms in total. The van der Waals surface area contributed by atoms with E-state index in [-0.39, 0.29) is 0 Å². The van der Waals surface area contributed by atoms with E-state index >= 15 is 0 Å². The number of nitrogens with one attached hydrogen (secondary N) is 2. The predicted octanol–water partition coefficient (Wildman–Crippen LogP) is 1.39. The van der Waals surface area contributed by atoms with Gasteiger partial charge in [0.15, 0.2) is 0 Å². The summed E-state index contributed by atoms with van der Waals surface area (Å²) in [6.45, 7) is 4.20. The van der Waals surface area contributed by atoms with Crippen LogP contribution in [-0.2, 0) is 0 Å². The van der Waals surface area contributed by atoms with Crippen LogP contribution in [0.5, 0.6) is 0 Å². The Morgan fingerprint density at radius 1 is 1.64 bits per heavy atom. The Morgan fingerprint density at radius 2 is 2.36 bits per heavy atom. The number of rotatable bonds is 3. The van der Waals surface area contributed by atoms with Crippen molar-refractivity contribution in [2.75, 3.05) is 14.1 Å². The van der Waals surface area contributed by atoms with Crippen molar-refractivity contribution in [3.8, 4) is 0 Å². The zero-order chi connectivity index (χ0) is 10.6. The van der Waals surface area contributed by atoms with Gasteiger partial charge in [0.2, 0.25) is 0 Å². The number of allylic oxidation sites excluding steroid dienone is 3. The van der Waals surface area contributed by atoms with E-state index in [4.69, 9.17) is 0 Å². The molecule has 1 heterocycles. The molecule has 0 amide bonds. The van der Waals surface area contributed by atoms with Crippen LogP contribution in [0, 0.1) is 0 Å². The molecular weight excluding hydrogens is 174 g/mol. The summed E-state index contributed by atoms with van der Waals surface area (Å²) in [6, 6.07) is 0. The van der Waals surface area contributed by atoms with Gasteiger partial charge in [-0.2, -0.15) is 0 Å². The molecule has 0 aliphatic carbocycles. The summed E-state index contributed by atoms with van der Waals surface area (Å²) in [6.07, 6.45) is 8.64. The standard InChI is InChI=1S/C11H19N3/c1-9(7-12-3)5-6-11-8-14(4)10(2)13-11/h5-8,10,12-13H,1-4H3/b6-5-,9-7+. The molecule has 1 aliphatic rings. The Hall–Kier alpha value is -1.38. The van der Waals surface area contributed by atoms with Crippen LogP contribution in [0.15, 0.2) is 35.8 Å². The average molecular weight is 193 g/mol. The monoisotopic (exact) mass is 193 g/mol. The van der Waals surface area contributed by atoms with E-state index in [0.29, 0.717) is 6.17 Å². The first-order valence-corrected chi connectivity index (χ1v) is 4.86. The van der Waals surface area contributed by atoms with Crippen molar-refractivity contribution in [3.63, 3.8) is 0 Å². The molecule has 1 unspecified atom stereocenters. The van der Waals surface area contributed by atoms with Gasteiger partial charge in [-0.3, -0.25) is 0 Å². The van der Waals surface area contributed by atoms with Gasteiger partial charge in [-0.1, -0.05) is 6.08 Å². The largest absolute Gasteiger partial charge is 0.394 e. The molecule has 0 radical (unpaired) electrons. The summed E-state index contributed by atoms with van der Waals surface area (Å²) >= 11 is 0. The van der Waals surface area contributed by atoms with Gasteiger partial charge in [0.25, 0.3) is 0 Å². The van der Waals surface area contributed by atoms with Crippen LogP contribution < -0.4 is 10.6 Å². The topological polar surface area (TPSA) is 27.3 Å². The van der Waals surface area contributed by atoms with E-state index in [1.165, 1.54) is 5.57 Å². The van der Waals surface area contributed by atoms with Crippen LogP contribution in [0.1, 0.15) is 13.8 Å². The van der Waals surface area contributed by atoms with Crippen LogP contribution in [0.4, 0.5) is 0 Å². The smallest absolute Gasteiger partial charge is 0.0954 e. The Kier molecular flexibility index (Phi) is 3.63. The summed E-state index contributed by atoms with van der Waals surface area (Å²) in [5, 5.41) is 6.35. The minimum absolute atomic E-state index is 0.392. The lowest BCUT2D eigenvalue weighted by Crippen LogP contribution is -2.29. The van der Waals surface area contributed by atoms with Gasteiger partial charge in [-0.05, 0) is 31.7 Å². The van der Waals surface area contributed by atoms with E-state index in [1.807, 2.05) is 13.2 Å². The molecule has 14 heavy (non-hydrogen) atoms. The number of nitrogens with zero attached hydrogens (tertiary/aromatic N) is 1. The van der Waals surface area contributed by atoms with Crippen LogP contribution in [0.2, 0.25) is 0 Å². The molecule has 0 saturated heterocycles. The molecule has 0 aromatic rings. The summed E-state index contributed by atoms with van der Waals surface area (Å²) in [5.74, 6) is 0. The van der Waals surface area contributed by atoms with Crippen LogP contribution >= 0.6 is 0 Å². The van der Waals surface area contributed by atoms with Gasteiger partial charge in [0, 0.05) is 20.3 Å². The Balaban J connectivity index is 2.54. The van der Waals surface area contributed by atoms with E-state index in [0.717, 1.165) is 5.70 Å². The Morgan fingerprint density at radius 3 is 2.86 bits per heavy atom. The molecule has 3 heteroatoms. The highest BCUT2D eigenvalue weighted by Crippen LogP contribution is 2.09. The zero-order valence-corrected chi connectivity index (χ0v) is 9.33. The first-order valence-electron chi connectivity index (χ1n) is 4.86. The van der Waals surface area contributed by atoms with E-state index in [9.17, 15) is 0 Å². The second-order valence-corrected chi connectivity index (χ2v) is 3.58. The maximum atomic E-state index is 3.35. The maximum absolute atomic E-state index is 3.35. The lowest BCUT2D eigenvalue weighted by Gasteiger charge is -2.14. The molecule has 0 saturated carbocycles. The molecule has 2 N–H and O–H groups in total. The summed E-state index contributed by atoms with van der Waals surface area (Å²) < 4.78 is 0. The molecule has 0 fully saturated rings. The minimum Gasteiger partial charge on any atom is -0.394 e. The van der Waals surface area contributed by atoms with Crippen molar-refractivity contribution in [2.24, 2.45) is 0 Å². The molecule has 1 aliphatic heterocycles. The van der Waals surface area contributed by atoms with Gasteiger partial charge in [-0.25, -0.2) is 0 Å². The SMILES string of the molecule is CN/C=C(C)/C=C\C1=CN(C)C(C)N1. The summed E-state index contributed by atoms with van der Waals surface area (Å²) in [4.78, 5) is 2.15. The predicted molar refractivity (Wildman–Crippen MR) is 60.4 cm³/mol. The zero-order valence-electron chi connectivity index (χ0n) is 9.33. The average Bonchev–Trinajstić information content (AvgIpc) is 2.44. The summed E-state index contributed by atoms with van der Waals surface area (Å²) in [5.41, 5.74) is 2.36. The molecule has 0 spiro atoms. The Labute approximate surface area is 86.2 Å². The summed E-state index contributed by atoms with van der Waals surface area (Å²) in [7, 11) is 3.97. The minimum atomic E-state index is 0.392. The van der Waals surface area contributed by atoms with E-state index < -0.39 is 0 Å². The molecule has 0 bridgehead atoms. The first kappa shape index (κ1) is 10.7. The van der Waals surface area contributed by atoms with E-state index in [1.54, 1.807) is 0 Å². The second-order valence-electron chi connectivity index (χ2n) is 3.58. The van der Waals surface area contributed by atoms with Crippen molar-refractivity contribution in [1.82, 2.24) is 15.5 Å². The quantitative estimate of drug-likeness (QED) is 0.663. The maximum Gasteiger partial charge on any atom is 0.0954 e. The van der Waals surface area contributed by atoms with Crippen molar-refractivity contribution in [3.05, 3.63) is 35.8 Å². The highest BCUT2D eigenvalue weighted by molar-refractivity contribution is 5.27. The van der Waals surface area contributed by atoms with Gasteiger partial charge in [0.05, 0.1) is 11.9 Å². The van der Waals surface area contributed by atoms with Crippen LogP contribution in [-0.4, -0.2) is 25.2 Å². The number of hydrogen-bond acceptors (Lipinski definition) is 3. The number of hydrogen-bond donors (Lipinski definition) is 2. The fraction of sp³-hybridized carbons (Fsp3) is 0.455. The Bertz CT molecular complexity index is 276. The van der Waals surface area contributed by atoms with Crippen molar-refractivity contribution < 1.29 is 0 Å². The highest BCUT2D eigenvalue weighted by atomic mass is 15.3. The molecule has 1 rings (SSSR count). The van der Waals surface area contributed by atoms with Gasteiger partial charge < -0.3 is 15.5 Å². The third-order valence-corrected chi connectivity index (χ3v) is 2.23. The lowest BCUT2D eigenvalue weighted by molar-refractivity contribution is 0.355. The van der Waals surface area contributed by atoms with Crippen molar-refractivity contribution >= 4 is 0 Å². The van der Waals surface area contributed by atoms with Crippen LogP contribution in [0.25, 0.3) is 0 Å². The molecular formula is C11H19N3.